The molecule has 1 fully saturated rings. The van der Waals surface area contributed by atoms with E-state index in [1.54, 1.807) is 10.9 Å². The molecule has 0 aromatic carbocycles. The van der Waals surface area contributed by atoms with Crippen LogP contribution in [0.5, 0.6) is 0 Å². The molecule has 0 spiro atoms. The highest BCUT2D eigenvalue weighted by atomic mass is 79.9. The number of thiophene rings is 1. The zero-order valence-electron chi connectivity index (χ0n) is 9.36. The highest BCUT2D eigenvalue weighted by molar-refractivity contribution is 9.09. The first-order valence-electron chi connectivity index (χ1n) is 5.73. The molecule has 2 aromatic heterocycles. The largest absolute Gasteiger partial charge is 0.297 e. The first-order chi connectivity index (χ1) is 8.24. The third-order valence-electron chi connectivity index (χ3n) is 3.64. The molecule has 0 atom stereocenters. The predicted octanol–water partition coefficient (Wildman–Crippen LogP) is 3.02. The van der Waals surface area contributed by atoms with Gasteiger partial charge in [0.1, 0.15) is 4.70 Å². The van der Waals surface area contributed by atoms with Gasteiger partial charge in [-0.15, -0.1) is 11.3 Å². The first-order valence-corrected chi connectivity index (χ1v) is 7.73. The van der Waals surface area contributed by atoms with Gasteiger partial charge >= 0.3 is 0 Å². The molecule has 0 unspecified atom stereocenters. The average Bonchev–Trinajstić information content (AvgIpc) is 2.75. The second-order valence-corrected chi connectivity index (χ2v) is 6.28. The zero-order valence-corrected chi connectivity index (χ0v) is 11.8. The fraction of sp³-hybridized carbons (Fsp3) is 0.500. The summed E-state index contributed by atoms with van der Waals surface area (Å²) in [4.78, 5) is 16.6. The quantitative estimate of drug-likeness (QED) is 0.817. The fourth-order valence-electron chi connectivity index (χ4n) is 2.36. The summed E-state index contributed by atoms with van der Waals surface area (Å²) in [5.41, 5.74) is 1.20. The number of halogens is 1. The van der Waals surface area contributed by atoms with Gasteiger partial charge in [0.25, 0.3) is 5.56 Å². The third-order valence-corrected chi connectivity index (χ3v) is 5.72. The van der Waals surface area contributed by atoms with E-state index in [2.05, 4.69) is 20.9 Å². The van der Waals surface area contributed by atoms with Gasteiger partial charge in [0.2, 0.25) is 0 Å². The van der Waals surface area contributed by atoms with Crippen molar-refractivity contribution in [1.82, 2.24) is 9.55 Å². The lowest BCUT2D eigenvalue weighted by Crippen LogP contribution is -2.38. The summed E-state index contributed by atoms with van der Waals surface area (Å²) < 4.78 is 2.55. The van der Waals surface area contributed by atoms with Crippen LogP contribution in [0.4, 0.5) is 0 Å². The molecule has 5 heteroatoms. The Labute approximate surface area is 112 Å². The summed E-state index contributed by atoms with van der Waals surface area (Å²) in [6.07, 6.45) is 5.37. The lowest BCUT2D eigenvalue weighted by atomic mass is 9.70. The molecule has 1 aliphatic rings. The number of alkyl halides is 1. The summed E-state index contributed by atoms with van der Waals surface area (Å²) in [6.45, 7) is 0.790. The monoisotopic (exact) mass is 312 g/mol. The van der Waals surface area contributed by atoms with Crippen molar-refractivity contribution in [3.8, 4) is 0 Å². The number of aromatic nitrogens is 2. The topological polar surface area (TPSA) is 34.9 Å². The van der Waals surface area contributed by atoms with Crippen molar-refractivity contribution in [3.63, 3.8) is 0 Å². The summed E-state index contributed by atoms with van der Waals surface area (Å²) in [5, 5.41) is 2.89. The Hall–Kier alpha value is -0.680. The molecule has 1 aliphatic carbocycles. The van der Waals surface area contributed by atoms with Gasteiger partial charge in [-0.05, 0) is 29.7 Å². The fourth-order valence-corrected chi connectivity index (χ4v) is 3.89. The Bertz CT molecular complexity index is 594. The van der Waals surface area contributed by atoms with Gasteiger partial charge in [0, 0.05) is 11.9 Å². The molecule has 0 amide bonds. The number of fused-ring (bicyclic) bond motifs is 1. The van der Waals surface area contributed by atoms with Crippen molar-refractivity contribution in [3.05, 3.63) is 28.1 Å². The van der Waals surface area contributed by atoms with Crippen LogP contribution in [0.15, 0.2) is 22.6 Å². The van der Waals surface area contributed by atoms with E-state index in [4.69, 9.17) is 0 Å². The van der Waals surface area contributed by atoms with Crippen LogP contribution in [0.3, 0.4) is 0 Å². The highest BCUT2D eigenvalue weighted by Crippen LogP contribution is 2.43. The Balaban J connectivity index is 2.00. The van der Waals surface area contributed by atoms with E-state index in [-0.39, 0.29) is 11.0 Å². The van der Waals surface area contributed by atoms with Gasteiger partial charge in [0.05, 0.1) is 11.8 Å². The molecule has 2 heterocycles. The minimum Gasteiger partial charge on any atom is -0.297 e. The molecular weight excluding hydrogens is 300 g/mol. The van der Waals surface area contributed by atoms with E-state index in [1.165, 1.54) is 30.6 Å². The van der Waals surface area contributed by atoms with Crippen molar-refractivity contribution < 1.29 is 0 Å². The van der Waals surface area contributed by atoms with Crippen LogP contribution < -0.4 is 5.56 Å². The van der Waals surface area contributed by atoms with Gasteiger partial charge in [0.15, 0.2) is 0 Å². The molecular formula is C12H13BrN2OS. The molecule has 0 aliphatic heterocycles. The van der Waals surface area contributed by atoms with Gasteiger partial charge < -0.3 is 0 Å². The van der Waals surface area contributed by atoms with Crippen LogP contribution >= 0.6 is 27.3 Å². The smallest absolute Gasteiger partial charge is 0.271 e. The summed E-state index contributed by atoms with van der Waals surface area (Å²) in [7, 11) is 0. The second kappa shape index (κ2) is 4.21. The van der Waals surface area contributed by atoms with E-state index in [1.807, 2.05) is 11.4 Å². The molecule has 0 saturated heterocycles. The van der Waals surface area contributed by atoms with Crippen molar-refractivity contribution >= 4 is 37.5 Å². The number of hydrogen-bond acceptors (Lipinski definition) is 3. The Morgan fingerprint density at radius 3 is 3.00 bits per heavy atom. The molecule has 3 nitrogen and oxygen atoms in total. The van der Waals surface area contributed by atoms with E-state index in [9.17, 15) is 4.79 Å². The first kappa shape index (κ1) is 11.4. The van der Waals surface area contributed by atoms with Crippen molar-refractivity contribution in [2.75, 3.05) is 5.33 Å². The summed E-state index contributed by atoms with van der Waals surface area (Å²) in [6, 6.07) is 1.90. The van der Waals surface area contributed by atoms with Crippen LogP contribution in [-0.4, -0.2) is 14.9 Å². The number of rotatable bonds is 3. The average molecular weight is 313 g/mol. The minimum atomic E-state index is 0.109. The van der Waals surface area contributed by atoms with E-state index >= 15 is 0 Å². The van der Waals surface area contributed by atoms with Crippen LogP contribution in [0.25, 0.3) is 10.2 Å². The van der Waals surface area contributed by atoms with Gasteiger partial charge in [-0.2, -0.15) is 0 Å². The molecule has 90 valence electrons. The SMILES string of the molecule is O=c1c2sccc2ncn1CC1(CBr)CCC1. The van der Waals surface area contributed by atoms with Crippen molar-refractivity contribution in [2.45, 2.75) is 25.8 Å². The molecule has 2 aromatic rings. The third kappa shape index (κ3) is 1.85. The number of nitrogens with zero attached hydrogens (tertiary/aromatic N) is 2. The highest BCUT2D eigenvalue weighted by Gasteiger charge is 2.36. The Morgan fingerprint density at radius 1 is 1.53 bits per heavy atom. The van der Waals surface area contributed by atoms with Gasteiger partial charge in [-0.3, -0.25) is 9.36 Å². The Kier molecular flexibility index (Phi) is 2.83. The number of hydrogen-bond donors (Lipinski definition) is 0. The normalized spacial score (nSPS) is 18.2. The maximum atomic E-state index is 12.2. The van der Waals surface area contributed by atoms with Gasteiger partial charge in [-0.25, -0.2) is 4.98 Å². The van der Waals surface area contributed by atoms with Crippen molar-refractivity contribution in [2.24, 2.45) is 5.41 Å². The van der Waals surface area contributed by atoms with Crippen molar-refractivity contribution in [1.29, 1.82) is 0 Å². The molecule has 0 bridgehead atoms. The van der Waals surface area contributed by atoms with Crippen LogP contribution in [0.2, 0.25) is 0 Å². The van der Waals surface area contributed by atoms with Crippen LogP contribution in [-0.2, 0) is 6.54 Å². The predicted molar refractivity (Wildman–Crippen MR) is 74.0 cm³/mol. The summed E-state index contributed by atoms with van der Waals surface area (Å²) >= 11 is 5.05. The zero-order chi connectivity index (χ0) is 11.9. The molecule has 1 saturated carbocycles. The van der Waals surface area contributed by atoms with Crippen LogP contribution in [0.1, 0.15) is 19.3 Å². The Morgan fingerprint density at radius 2 is 2.35 bits per heavy atom. The second-order valence-electron chi connectivity index (χ2n) is 4.80. The molecule has 0 radical (unpaired) electrons. The standard InChI is InChI=1S/C12H13BrN2OS/c13-6-12(3-1-4-12)7-15-8-14-9-2-5-17-10(9)11(15)16/h2,5,8H,1,3-4,6-7H2. The van der Waals surface area contributed by atoms with Gasteiger partial charge in [-0.1, -0.05) is 22.4 Å². The maximum absolute atomic E-state index is 12.2. The van der Waals surface area contributed by atoms with E-state index in [0.717, 1.165) is 22.1 Å². The van der Waals surface area contributed by atoms with E-state index in [0.29, 0.717) is 0 Å². The minimum absolute atomic E-state index is 0.109. The summed E-state index contributed by atoms with van der Waals surface area (Å²) in [5.74, 6) is 0. The van der Waals surface area contributed by atoms with E-state index < -0.39 is 0 Å². The lowest BCUT2D eigenvalue weighted by molar-refractivity contribution is 0.138. The maximum Gasteiger partial charge on any atom is 0.271 e. The molecule has 0 N–H and O–H groups in total. The van der Waals surface area contributed by atoms with Crippen LogP contribution in [0, 0.1) is 5.41 Å². The molecule has 3 rings (SSSR count). The lowest BCUT2D eigenvalue weighted by Gasteiger charge is -2.40. The molecule has 17 heavy (non-hydrogen) atoms.